The monoisotopic (exact) mass is 471 g/mol. The zero-order valence-corrected chi connectivity index (χ0v) is 20.4. The van der Waals surface area contributed by atoms with Crippen molar-refractivity contribution in [3.8, 4) is 5.69 Å². The first-order valence-corrected chi connectivity index (χ1v) is 12.7. The van der Waals surface area contributed by atoms with Gasteiger partial charge in [0.2, 0.25) is 5.91 Å². The number of nitrogens with zero attached hydrogens (tertiary/aromatic N) is 2. The Labute approximate surface area is 196 Å². The first kappa shape index (κ1) is 23.0. The van der Waals surface area contributed by atoms with Crippen LogP contribution in [0.4, 0.5) is 0 Å². The van der Waals surface area contributed by atoms with Gasteiger partial charge in [0.05, 0.1) is 16.3 Å². The number of ether oxygens (including phenoxy) is 1. The summed E-state index contributed by atoms with van der Waals surface area (Å²) in [5.74, 6) is 0.557. The van der Waals surface area contributed by atoms with Gasteiger partial charge in [0.25, 0.3) is 5.56 Å². The minimum atomic E-state index is -0.383. The molecule has 1 N–H and O–H groups in total. The molecule has 2 atom stereocenters. The van der Waals surface area contributed by atoms with Gasteiger partial charge >= 0.3 is 0 Å². The second-order valence-corrected chi connectivity index (χ2v) is 10.7. The predicted molar refractivity (Wildman–Crippen MR) is 131 cm³/mol. The quantitative estimate of drug-likeness (QED) is 0.303. The Morgan fingerprint density at radius 1 is 1.38 bits per heavy atom. The maximum atomic E-state index is 13.8. The first-order chi connectivity index (χ1) is 15.5. The molecule has 3 aromatic rings. The van der Waals surface area contributed by atoms with Crippen LogP contribution in [0.15, 0.2) is 40.3 Å². The Kier molecular flexibility index (Phi) is 7.33. The van der Waals surface area contributed by atoms with Gasteiger partial charge in [0, 0.05) is 25.1 Å². The topological polar surface area (TPSA) is 73.2 Å². The van der Waals surface area contributed by atoms with Crippen LogP contribution in [-0.4, -0.2) is 41.0 Å². The Balaban J connectivity index is 1.72. The second kappa shape index (κ2) is 10.2. The third kappa shape index (κ3) is 4.77. The minimum Gasteiger partial charge on any atom is -0.385 e. The third-order valence-corrected chi connectivity index (χ3v) is 7.99. The molecule has 0 aliphatic heterocycles. The molecule has 1 aliphatic rings. The molecule has 2 heterocycles. The predicted octanol–water partition coefficient (Wildman–Crippen LogP) is 4.21. The van der Waals surface area contributed by atoms with Crippen molar-refractivity contribution in [1.29, 1.82) is 0 Å². The highest BCUT2D eigenvalue weighted by Crippen LogP contribution is 2.37. The van der Waals surface area contributed by atoms with Crippen LogP contribution < -0.4 is 10.9 Å². The van der Waals surface area contributed by atoms with Crippen LogP contribution >= 0.6 is 23.1 Å². The summed E-state index contributed by atoms with van der Waals surface area (Å²) in [5.41, 5.74) is 1.90. The molecule has 0 fully saturated rings. The summed E-state index contributed by atoms with van der Waals surface area (Å²) in [7, 11) is 1.65. The maximum absolute atomic E-state index is 13.8. The highest BCUT2D eigenvalue weighted by Gasteiger charge is 2.26. The van der Waals surface area contributed by atoms with Crippen molar-refractivity contribution in [3.05, 3.63) is 51.1 Å². The normalized spacial score (nSPS) is 16.7. The number of carbonyl (C=O) groups excluding carboxylic acids is 1. The van der Waals surface area contributed by atoms with Gasteiger partial charge in [-0.25, -0.2) is 4.98 Å². The number of para-hydroxylation sites is 1. The number of aromatic nitrogens is 2. The Morgan fingerprint density at radius 2 is 2.16 bits per heavy atom. The lowest BCUT2D eigenvalue weighted by Gasteiger charge is -2.18. The summed E-state index contributed by atoms with van der Waals surface area (Å²) in [6.07, 6.45) is 3.79. The molecule has 8 heteroatoms. The highest BCUT2D eigenvalue weighted by molar-refractivity contribution is 8.00. The van der Waals surface area contributed by atoms with Crippen molar-refractivity contribution >= 4 is 39.2 Å². The summed E-state index contributed by atoms with van der Waals surface area (Å²) in [6.45, 7) is 5.28. The largest absolute Gasteiger partial charge is 0.385 e. The number of nitrogens with one attached hydrogen (secondary N) is 1. The molecule has 1 aromatic carbocycles. The van der Waals surface area contributed by atoms with E-state index in [2.05, 4.69) is 12.2 Å². The van der Waals surface area contributed by atoms with E-state index in [4.69, 9.17) is 9.72 Å². The van der Waals surface area contributed by atoms with Crippen molar-refractivity contribution < 1.29 is 9.53 Å². The average Bonchev–Trinajstić information content (AvgIpc) is 3.14. The smallest absolute Gasteiger partial charge is 0.267 e. The van der Waals surface area contributed by atoms with E-state index in [-0.39, 0.29) is 16.7 Å². The number of thioether (sulfide) groups is 1. The van der Waals surface area contributed by atoms with Gasteiger partial charge in [0.15, 0.2) is 5.16 Å². The Morgan fingerprint density at radius 3 is 2.91 bits per heavy atom. The van der Waals surface area contributed by atoms with E-state index < -0.39 is 0 Å². The van der Waals surface area contributed by atoms with Gasteiger partial charge in [-0.05, 0) is 56.2 Å². The second-order valence-electron chi connectivity index (χ2n) is 8.30. The van der Waals surface area contributed by atoms with Crippen molar-refractivity contribution in [3.63, 3.8) is 0 Å². The van der Waals surface area contributed by atoms with Gasteiger partial charge in [-0.15, -0.1) is 11.3 Å². The van der Waals surface area contributed by atoms with E-state index in [9.17, 15) is 9.59 Å². The number of aryl methyl sites for hydroxylation is 1. The molecule has 0 spiro atoms. The summed E-state index contributed by atoms with van der Waals surface area (Å²) >= 11 is 2.97. The van der Waals surface area contributed by atoms with E-state index >= 15 is 0 Å². The number of benzene rings is 1. The first-order valence-electron chi connectivity index (χ1n) is 11.1. The average molecular weight is 472 g/mol. The lowest BCUT2D eigenvalue weighted by atomic mass is 9.89. The molecule has 170 valence electrons. The summed E-state index contributed by atoms with van der Waals surface area (Å²) in [5, 5.41) is 3.86. The van der Waals surface area contributed by atoms with E-state index in [1.54, 1.807) is 23.0 Å². The molecule has 1 amide bonds. The number of amides is 1. The molecule has 6 nitrogen and oxygen atoms in total. The van der Waals surface area contributed by atoms with Crippen LogP contribution in [0.3, 0.4) is 0 Å². The molecule has 1 aliphatic carbocycles. The number of fused-ring (bicyclic) bond motifs is 3. The molecular weight excluding hydrogens is 442 g/mol. The SMILES string of the molecule is COCCCNC(=O)C(C)Sc1nc2sc3c(c2c(=O)n1-c1ccccc1)CCC(C)C3. The molecule has 4 rings (SSSR count). The fraction of sp³-hybridized carbons (Fsp3) is 0.458. The van der Waals surface area contributed by atoms with Crippen LogP contribution in [0.5, 0.6) is 0 Å². The zero-order valence-electron chi connectivity index (χ0n) is 18.7. The summed E-state index contributed by atoms with van der Waals surface area (Å²) < 4.78 is 6.71. The number of hydrogen-bond donors (Lipinski definition) is 1. The van der Waals surface area contributed by atoms with Crippen LogP contribution in [0.2, 0.25) is 0 Å². The molecule has 0 radical (unpaired) electrons. The van der Waals surface area contributed by atoms with Crippen LogP contribution in [0.25, 0.3) is 15.9 Å². The lowest BCUT2D eigenvalue weighted by molar-refractivity contribution is -0.120. The molecule has 2 unspecified atom stereocenters. The van der Waals surface area contributed by atoms with Gasteiger partial charge in [0.1, 0.15) is 4.83 Å². The Hall–Kier alpha value is -2.16. The third-order valence-electron chi connectivity index (χ3n) is 5.79. The standard InChI is InChI=1S/C24H29N3O3S2/c1-15-10-11-18-19(14-15)32-22-20(18)23(29)27(17-8-5-4-6-9-17)24(26-22)31-16(2)21(28)25-12-7-13-30-3/h4-6,8-9,15-16H,7,10-14H2,1-3H3,(H,25,28). The number of thiophene rings is 1. The Bertz CT molecular complexity index is 1160. The number of methoxy groups -OCH3 is 1. The minimum absolute atomic E-state index is 0.0385. The van der Waals surface area contributed by atoms with Gasteiger partial charge in [-0.2, -0.15) is 0 Å². The van der Waals surface area contributed by atoms with Crippen molar-refractivity contribution in [2.24, 2.45) is 5.92 Å². The summed E-state index contributed by atoms with van der Waals surface area (Å²) in [6, 6.07) is 9.58. The van der Waals surface area contributed by atoms with Crippen molar-refractivity contribution in [1.82, 2.24) is 14.9 Å². The van der Waals surface area contributed by atoms with Crippen molar-refractivity contribution in [2.75, 3.05) is 20.3 Å². The fourth-order valence-corrected chi connectivity index (χ4v) is 6.41. The fourth-order valence-electron chi connectivity index (χ4n) is 4.04. The van der Waals surface area contributed by atoms with Gasteiger partial charge in [-0.1, -0.05) is 36.9 Å². The molecule has 32 heavy (non-hydrogen) atoms. The number of hydrogen-bond acceptors (Lipinski definition) is 6. The molecule has 0 saturated carbocycles. The lowest BCUT2D eigenvalue weighted by Crippen LogP contribution is -2.33. The van der Waals surface area contributed by atoms with E-state index in [1.807, 2.05) is 37.3 Å². The molecular formula is C24H29N3O3S2. The molecule has 2 aromatic heterocycles. The zero-order chi connectivity index (χ0) is 22.7. The highest BCUT2D eigenvalue weighted by atomic mass is 32.2. The van der Waals surface area contributed by atoms with Crippen LogP contribution in [0.1, 0.15) is 37.1 Å². The van der Waals surface area contributed by atoms with E-state index in [0.29, 0.717) is 24.2 Å². The summed E-state index contributed by atoms with van der Waals surface area (Å²) in [4.78, 5) is 33.4. The molecule has 0 bridgehead atoms. The van der Waals surface area contributed by atoms with Crippen molar-refractivity contribution in [2.45, 2.75) is 49.9 Å². The van der Waals surface area contributed by atoms with Gasteiger partial charge < -0.3 is 10.1 Å². The molecule has 0 saturated heterocycles. The number of carbonyl (C=O) groups is 1. The van der Waals surface area contributed by atoms with Crippen LogP contribution in [0, 0.1) is 5.92 Å². The van der Waals surface area contributed by atoms with Crippen LogP contribution in [-0.2, 0) is 22.4 Å². The maximum Gasteiger partial charge on any atom is 0.267 e. The number of rotatable bonds is 8. The van der Waals surface area contributed by atoms with Gasteiger partial charge in [-0.3, -0.25) is 14.2 Å². The van der Waals surface area contributed by atoms with E-state index in [0.717, 1.165) is 41.6 Å². The van der Waals surface area contributed by atoms with E-state index in [1.165, 1.54) is 22.2 Å².